The van der Waals surface area contributed by atoms with Crippen molar-refractivity contribution in [2.45, 2.75) is 26.9 Å². The topological polar surface area (TPSA) is 61.8 Å². The van der Waals surface area contributed by atoms with Gasteiger partial charge in [0.1, 0.15) is 0 Å². The lowest BCUT2D eigenvalue weighted by atomic mass is 10.1. The standard InChI is InChI=1S/C13H19O5P/c1-4-16-19(15,17-5-2)18-13(11(3)14)12-9-7-6-8-10-12/h6-10,13H,4-5H2,1-3H3. The molecule has 0 aliphatic carbocycles. The molecule has 1 rings (SSSR count). The van der Waals surface area contributed by atoms with Gasteiger partial charge in [0.15, 0.2) is 11.9 Å². The Morgan fingerprint density at radius 2 is 1.68 bits per heavy atom. The van der Waals surface area contributed by atoms with Gasteiger partial charge in [0.05, 0.1) is 13.2 Å². The number of Topliss-reactive ketones (excluding diaryl/α,β-unsaturated/α-hetero) is 1. The molecule has 0 aliphatic heterocycles. The van der Waals surface area contributed by atoms with Gasteiger partial charge in [-0.2, -0.15) is 0 Å². The molecule has 0 heterocycles. The molecule has 0 fully saturated rings. The van der Waals surface area contributed by atoms with Crippen LogP contribution in [0.4, 0.5) is 0 Å². The Kier molecular flexibility index (Phi) is 6.38. The first kappa shape index (κ1) is 16.1. The van der Waals surface area contributed by atoms with Crippen molar-refractivity contribution < 1.29 is 22.9 Å². The first-order valence-corrected chi connectivity index (χ1v) is 7.61. The van der Waals surface area contributed by atoms with Gasteiger partial charge < -0.3 is 0 Å². The summed E-state index contributed by atoms with van der Waals surface area (Å²) in [5.41, 5.74) is 0.620. The molecule has 0 bridgehead atoms. The van der Waals surface area contributed by atoms with Gasteiger partial charge in [-0.05, 0) is 26.3 Å². The minimum absolute atomic E-state index is 0.177. The second-order valence-corrected chi connectivity index (χ2v) is 5.41. The summed E-state index contributed by atoms with van der Waals surface area (Å²) in [6.07, 6.45) is -0.954. The maximum Gasteiger partial charge on any atom is 0.475 e. The first-order chi connectivity index (χ1) is 9.02. The Morgan fingerprint density at radius 1 is 1.16 bits per heavy atom. The summed E-state index contributed by atoms with van der Waals surface area (Å²) in [7, 11) is -3.72. The Bertz CT molecular complexity index is 436. The predicted molar refractivity (Wildman–Crippen MR) is 71.8 cm³/mol. The maximum atomic E-state index is 12.3. The summed E-state index contributed by atoms with van der Waals surface area (Å²) in [5, 5.41) is 0. The third kappa shape index (κ3) is 4.88. The van der Waals surface area contributed by atoms with E-state index in [1.54, 1.807) is 38.1 Å². The van der Waals surface area contributed by atoms with E-state index in [1.165, 1.54) is 6.92 Å². The number of phosphoric acid groups is 1. The number of ketones is 1. The molecule has 1 aromatic rings. The fourth-order valence-corrected chi connectivity index (χ4v) is 2.90. The smallest absolute Gasteiger partial charge is 0.297 e. The molecule has 6 heteroatoms. The zero-order chi connectivity index (χ0) is 14.3. The van der Waals surface area contributed by atoms with E-state index >= 15 is 0 Å². The molecule has 0 amide bonds. The van der Waals surface area contributed by atoms with E-state index in [9.17, 15) is 9.36 Å². The number of hydrogen-bond donors (Lipinski definition) is 0. The quantitative estimate of drug-likeness (QED) is 0.684. The third-order valence-electron chi connectivity index (χ3n) is 2.28. The van der Waals surface area contributed by atoms with Crippen LogP contribution in [0, 0.1) is 0 Å². The van der Waals surface area contributed by atoms with E-state index in [2.05, 4.69) is 0 Å². The van der Waals surface area contributed by atoms with E-state index in [-0.39, 0.29) is 19.0 Å². The van der Waals surface area contributed by atoms with Crippen LogP contribution in [0.25, 0.3) is 0 Å². The first-order valence-electron chi connectivity index (χ1n) is 6.15. The molecule has 0 N–H and O–H groups in total. The highest BCUT2D eigenvalue weighted by Crippen LogP contribution is 2.53. The van der Waals surface area contributed by atoms with Crippen molar-refractivity contribution in [2.75, 3.05) is 13.2 Å². The molecular formula is C13H19O5P. The number of rotatable bonds is 8. The van der Waals surface area contributed by atoms with Crippen LogP contribution in [-0.4, -0.2) is 19.0 Å². The largest absolute Gasteiger partial charge is 0.475 e. The Morgan fingerprint density at radius 3 is 2.11 bits per heavy atom. The van der Waals surface area contributed by atoms with Crippen molar-refractivity contribution in [1.82, 2.24) is 0 Å². The van der Waals surface area contributed by atoms with Gasteiger partial charge in [0.2, 0.25) is 0 Å². The molecule has 5 nitrogen and oxygen atoms in total. The minimum atomic E-state index is -3.72. The van der Waals surface area contributed by atoms with Gasteiger partial charge >= 0.3 is 7.82 Å². The van der Waals surface area contributed by atoms with Crippen LogP contribution >= 0.6 is 7.82 Å². The van der Waals surface area contributed by atoms with E-state index in [0.29, 0.717) is 5.56 Å². The number of hydrogen-bond acceptors (Lipinski definition) is 5. The summed E-state index contributed by atoms with van der Waals surface area (Å²) >= 11 is 0. The summed E-state index contributed by atoms with van der Waals surface area (Å²) < 4.78 is 27.7. The second-order valence-electron chi connectivity index (χ2n) is 3.79. The molecule has 0 aromatic heterocycles. The summed E-state index contributed by atoms with van der Waals surface area (Å²) in [5.74, 6) is -0.258. The van der Waals surface area contributed by atoms with Crippen LogP contribution in [0.5, 0.6) is 0 Å². The Labute approximate surface area is 113 Å². The number of carbonyl (C=O) groups is 1. The highest BCUT2D eigenvalue weighted by Gasteiger charge is 2.32. The van der Waals surface area contributed by atoms with E-state index in [1.807, 2.05) is 6.07 Å². The fraction of sp³-hybridized carbons (Fsp3) is 0.462. The van der Waals surface area contributed by atoms with Crippen molar-refractivity contribution >= 4 is 13.6 Å². The summed E-state index contributed by atoms with van der Waals surface area (Å²) in [6.45, 7) is 5.09. The Balaban J connectivity index is 2.95. The number of benzene rings is 1. The summed E-state index contributed by atoms with van der Waals surface area (Å²) in [6, 6.07) is 8.84. The molecule has 0 saturated carbocycles. The molecule has 1 unspecified atom stereocenters. The molecule has 0 aliphatic rings. The van der Waals surface area contributed by atoms with Gasteiger partial charge in [-0.1, -0.05) is 30.3 Å². The van der Waals surface area contributed by atoms with E-state index in [4.69, 9.17) is 13.6 Å². The van der Waals surface area contributed by atoms with Crippen LogP contribution in [0.2, 0.25) is 0 Å². The molecule has 1 aromatic carbocycles. The molecular weight excluding hydrogens is 267 g/mol. The zero-order valence-corrected chi connectivity index (χ0v) is 12.3. The number of phosphoric ester groups is 1. The van der Waals surface area contributed by atoms with Crippen molar-refractivity contribution in [2.24, 2.45) is 0 Å². The lowest BCUT2D eigenvalue weighted by molar-refractivity contribution is -0.125. The van der Waals surface area contributed by atoms with Crippen LogP contribution in [0.1, 0.15) is 32.4 Å². The SMILES string of the molecule is CCOP(=O)(OCC)OC(C(C)=O)c1ccccc1. The minimum Gasteiger partial charge on any atom is -0.297 e. The van der Waals surface area contributed by atoms with Gasteiger partial charge in [0.25, 0.3) is 0 Å². The normalized spacial score (nSPS) is 13.2. The van der Waals surface area contributed by atoms with Gasteiger partial charge in [-0.25, -0.2) is 4.57 Å². The molecule has 19 heavy (non-hydrogen) atoms. The lowest BCUT2D eigenvalue weighted by Crippen LogP contribution is -2.14. The monoisotopic (exact) mass is 286 g/mol. The van der Waals surface area contributed by atoms with Crippen LogP contribution in [-0.2, 0) is 22.9 Å². The van der Waals surface area contributed by atoms with Gasteiger partial charge in [0, 0.05) is 0 Å². The van der Waals surface area contributed by atoms with Gasteiger partial charge in [-0.15, -0.1) is 0 Å². The molecule has 0 radical (unpaired) electrons. The predicted octanol–water partition coefficient (Wildman–Crippen LogP) is 3.51. The Hall–Kier alpha value is -1.00. The van der Waals surface area contributed by atoms with Crippen molar-refractivity contribution in [3.8, 4) is 0 Å². The van der Waals surface area contributed by atoms with Gasteiger partial charge in [-0.3, -0.25) is 18.4 Å². The van der Waals surface area contributed by atoms with E-state index in [0.717, 1.165) is 0 Å². The van der Waals surface area contributed by atoms with Crippen LogP contribution < -0.4 is 0 Å². The molecule has 1 atom stereocenters. The number of carbonyl (C=O) groups excluding carboxylic acids is 1. The average molecular weight is 286 g/mol. The van der Waals surface area contributed by atoms with Crippen LogP contribution in [0.15, 0.2) is 30.3 Å². The van der Waals surface area contributed by atoms with Crippen LogP contribution in [0.3, 0.4) is 0 Å². The van der Waals surface area contributed by atoms with Crippen molar-refractivity contribution in [3.05, 3.63) is 35.9 Å². The second kappa shape index (κ2) is 7.56. The molecule has 106 valence electrons. The average Bonchev–Trinajstić information content (AvgIpc) is 2.37. The molecule has 0 spiro atoms. The van der Waals surface area contributed by atoms with Crippen molar-refractivity contribution in [1.29, 1.82) is 0 Å². The zero-order valence-electron chi connectivity index (χ0n) is 11.4. The van der Waals surface area contributed by atoms with E-state index < -0.39 is 13.9 Å². The summed E-state index contributed by atoms with van der Waals surface area (Å²) in [4.78, 5) is 11.7. The fourth-order valence-electron chi connectivity index (χ4n) is 1.54. The lowest BCUT2D eigenvalue weighted by Gasteiger charge is -2.21. The maximum absolute atomic E-state index is 12.3. The highest BCUT2D eigenvalue weighted by atomic mass is 31.2. The van der Waals surface area contributed by atoms with Crippen molar-refractivity contribution in [3.63, 3.8) is 0 Å². The third-order valence-corrected chi connectivity index (χ3v) is 3.90. The highest BCUT2D eigenvalue weighted by molar-refractivity contribution is 7.48. The molecule has 0 saturated heterocycles.